The molecule has 0 bridgehead atoms. The number of halogens is 1. The fourth-order valence-corrected chi connectivity index (χ4v) is 3.22. The molecule has 2 aliphatic rings. The number of nitrogens with one attached hydrogen (secondary N) is 1. The van der Waals surface area contributed by atoms with E-state index in [2.05, 4.69) is 62.7 Å². The van der Waals surface area contributed by atoms with Crippen molar-refractivity contribution in [1.29, 1.82) is 0 Å². The van der Waals surface area contributed by atoms with Crippen molar-refractivity contribution in [1.82, 2.24) is 10.3 Å². The Morgan fingerprint density at radius 1 is 1.44 bits per heavy atom. The topological polar surface area (TPSA) is 27.6 Å². The van der Waals surface area contributed by atoms with Crippen molar-refractivity contribution >= 4 is 21.8 Å². The second kappa shape index (κ2) is 4.92. The highest BCUT2D eigenvalue weighted by Crippen LogP contribution is 2.41. The van der Waals surface area contributed by atoms with Gasteiger partial charge in [0, 0.05) is 17.4 Å². The third-order valence-corrected chi connectivity index (χ3v) is 4.49. The standard InChI is InChI=1S/C14H18BrN3/c1-18-9-16-17-14(18)13(10-4-2-5-10)11-6-3-7-12(15)8-11/h3,6-8,10,13,16H,2,4-5,9H2,1H3. The Morgan fingerprint density at radius 3 is 2.83 bits per heavy atom. The first-order valence-corrected chi connectivity index (χ1v) is 7.32. The SMILES string of the molecule is CN1CNN=C1C(c1cccc(Br)c1)C1CCC1. The summed E-state index contributed by atoms with van der Waals surface area (Å²) in [6.45, 7) is 0.826. The molecular weight excluding hydrogens is 290 g/mol. The molecule has 1 unspecified atom stereocenters. The van der Waals surface area contributed by atoms with Crippen LogP contribution in [0.3, 0.4) is 0 Å². The largest absolute Gasteiger partial charge is 0.342 e. The smallest absolute Gasteiger partial charge is 0.133 e. The van der Waals surface area contributed by atoms with Gasteiger partial charge < -0.3 is 4.90 Å². The van der Waals surface area contributed by atoms with Crippen molar-refractivity contribution in [3.8, 4) is 0 Å². The molecule has 1 aromatic rings. The average Bonchev–Trinajstić information content (AvgIpc) is 2.69. The van der Waals surface area contributed by atoms with Gasteiger partial charge in [-0.15, -0.1) is 0 Å². The number of nitrogens with zero attached hydrogens (tertiary/aromatic N) is 2. The predicted molar refractivity (Wildman–Crippen MR) is 77.4 cm³/mol. The molecular formula is C14H18BrN3. The van der Waals surface area contributed by atoms with Crippen LogP contribution in [0, 0.1) is 5.92 Å². The Hall–Kier alpha value is -1.03. The number of likely N-dealkylation sites (N-methyl/N-ethyl adjacent to an activating group) is 1. The summed E-state index contributed by atoms with van der Waals surface area (Å²) in [7, 11) is 2.11. The third kappa shape index (κ3) is 2.14. The van der Waals surface area contributed by atoms with Gasteiger partial charge in [-0.05, 0) is 36.5 Å². The lowest BCUT2D eigenvalue weighted by atomic mass is 9.72. The van der Waals surface area contributed by atoms with E-state index in [-0.39, 0.29) is 0 Å². The van der Waals surface area contributed by atoms with Gasteiger partial charge >= 0.3 is 0 Å². The lowest BCUT2D eigenvalue weighted by Gasteiger charge is -2.35. The molecule has 96 valence electrons. The highest BCUT2D eigenvalue weighted by Gasteiger charge is 2.35. The molecule has 18 heavy (non-hydrogen) atoms. The maximum atomic E-state index is 4.50. The van der Waals surface area contributed by atoms with E-state index in [0.717, 1.165) is 17.1 Å². The van der Waals surface area contributed by atoms with Gasteiger partial charge in [0.05, 0.1) is 0 Å². The van der Waals surface area contributed by atoms with Crippen LogP contribution in [0.25, 0.3) is 0 Å². The minimum absolute atomic E-state index is 0.441. The number of hydrogen-bond acceptors (Lipinski definition) is 3. The van der Waals surface area contributed by atoms with Gasteiger partial charge in [0.25, 0.3) is 0 Å². The molecule has 1 heterocycles. The van der Waals surface area contributed by atoms with Gasteiger partial charge in [0.2, 0.25) is 0 Å². The molecule has 1 aliphatic heterocycles. The molecule has 3 nitrogen and oxygen atoms in total. The van der Waals surface area contributed by atoms with E-state index in [4.69, 9.17) is 0 Å². The quantitative estimate of drug-likeness (QED) is 0.929. The molecule has 0 radical (unpaired) electrons. The Bertz CT molecular complexity index is 468. The lowest BCUT2D eigenvalue weighted by molar-refractivity contribution is 0.288. The van der Waals surface area contributed by atoms with E-state index in [0.29, 0.717) is 5.92 Å². The maximum Gasteiger partial charge on any atom is 0.133 e. The predicted octanol–water partition coefficient (Wildman–Crippen LogP) is 3.14. The van der Waals surface area contributed by atoms with Crippen LogP contribution in [0.15, 0.2) is 33.8 Å². The van der Waals surface area contributed by atoms with Crippen LogP contribution in [0.2, 0.25) is 0 Å². The second-order valence-corrected chi connectivity index (χ2v) is 6.12. The number of benzene rings is 1. The van der Waals surface area contributed by atoms with E-state index >= 15 is 0 Å². The Labute approximate surface area is 116 Å². The summed E-state index contributed by atoms with van der Waals surface area (Å²) in [6, 6.07) is 8.66. The first kappa shape index (κ1) is 12.0. The molecule has 1 fully saturated rings. The van der Waals surface area contributed by atoms with Crippen molar-refractivity contribution in [2.45, 2.75) is 25.2 Å². The summed E-state index contributed by atoms with van der Waals surface area (Å²) in [4.78, 5) is 2.23. The van der Waals surface area contributed by atoms with Crippen LogP contribution >= 0.6 is 15.9 Å². The molecule has 1 atom stereocenters. The molecule has 1 N–H and O–H groups in total. The summed E-state index contributed by atoms with van der Waals surface area (Å²) >= 11 is 3.57. The van der Waals surface area contributed by atoms with Crippen molar-refractivity contribution in [2.24, 2.45) is 11.0 Å². The monoisotopic (exact) mass is 307 g/mol. The van der Waals surface area contributed by atoms with Crippen LogP contribution in [0.5, 0.6) is 0 Å². The fraction of sp³-hybridized carbons (Fsp3) is 0.500. The number of hydrogen-bond donors (Lipinski definition) is 1. The zero-order valence-electron chi connectivity index (χ0n) is 10.6. The molecule has 0 amide bonds. The van der Waals surface area contributed by atoms with Crippen molar-refractivity contribution in [2.75, 3.05) is 13.7 Å². The number of hydrazone groups is 1. The summed E-state index contributed by atoms with van der Waals surface area (Å²) in [5.74, 6) is 2.38. The summed E-state index contributed by atoms with van der Waals surface area (Å²) in [5.41, 5.74) is 4.47. The number of amidine groups is 1. The van der Waals surface area contributed by atoms with Gasteiger partial charge in [-0.3, -0.25) is 5.43 Å². The van der Waals surface area contributed by atoms with E-state index in [9.17, 15) is 0 Å². The van der Waals surface area contributed by atoms with Crippen LogP contribution in [0.1, 0.15) is 30.7 Å². The minimum atomic E-state index is 0.441. The molecule has 1 aromatic carbocycles. The lowest BCUT2D eigenvalue weighted by Crippen LogP contribution is -2.35. The van der Waals surface area contributed by atoms with Gasteiger partial charge in [-0.1, -0.05) is 34.5 Å². The van der Waals surface area contributed by atoms with Crippen molar-refractivity contribution in [3.05, 3.63) is 34.3 Å². The summed E-state index contributed by atoms with van der Waals surface area (Å²) in [6.07, 6.45) is 4.01. The highest BCUT2D eigenvalue weighted by atomic mass is 79.9. The first-order chi connectivity index (χ1) is 8.75. The third-order valence-electron chi connectivity index (χ3n) is 4.00. The van der Waals surface area contributed by atoms with Crippen LogP contribution in [0.4, 0.5) is 0 Å². The fourth-order valence-electron chi connectivity index (χ4n) is 2.80. The highest BCUT2D eigenvalue weighted by molar-refractivity contribution is 9.10. The van der Waals surface area contributed by atoms with E-state index in [1.165, 1.54) is 30.7 Å². The maximum absolute atomic E-state index is 4.50. The Balaban J connectivity index is 1.95. The van der Waals surface area contributed by atoms with E-state index < -0.39 is 0 Å². The van der Waals surface area contributed by atoms with E-state index in [1.54, 1.807) is 0 Å². The van der Waals surface area contributed by atoms with Gasteiger partial charge in [0.15, 0.2) is 0 Å². The van der Waals surface area contributed by atoms with Crippen LogP contribution in [-0.4, -0.2) is 24.5 Å². The first-order valence-electron chi connectivity index (χ1n) is 6.53. The molecule has 4 heteroatoms. The Kier molecular flexibility index (Phi) is 3.29. The van der Waals surface area contributed by atoms with Gasteiger partial charge in [-0.25, -0.2) is 0 Å². The molecule has 0 saturated heterocycles. The molecule has 3 rings (SSSR count). The molecule has 1 aliphatic carbocycles. The normalized spacial score (nSPS) is 21.2. The van der Waals surface area contributed by atoms with Crippen molar-refractivity contribution in [3.63, 3.8) is 0 Å². The van der Waals surface area contributed by atoms with Gasteiger partial charge in [0.1, 0.15) is 12.5 Å². The van der Waals surface area contributed by atoms with E-state index in [1.807, 2.05) is 0 Å². The summed E-state index contributed by atoms with van der Waals surface area (Å²) in [5, 5.41) is 4.50. The second-order valence-electron chi connectivity index (χ2n) is 5.21. The molecule has 0 aromatic heterocycles. The van der Waals surface area contributed by atoms with Crippen LogP contribution in [-0.2, 0) is 0 Å². The zero-order valence-corrected chi connectivity index (χ0v) is 12.2. The molecule has 1 saturated carbocycles. The molecule has 0 spiro atoms. The minimum Gasteiger partial charge on any atom is -0.342 e. The van der Waals surface area contributed by atoms with Gasteiger partial charge in [-0.2, -0.15) is 5.10 Å². The average molecular weight is 308 g/mol. The number of rotatable bonds is 3. The van der Waals surface area contributed by atoms with Crippen molar-refractivity contribution < 1.29 is 0 Å². The Morgan fingerprint density at radius 2 is 2.28 bits per heavy atom. The zero-order chi connectivity index (χ0) is 12.5. The van der Waals surface area contributed by atoms with Crippen LogP contribution < -0.4 is 5.43 Å². The summed E-state index contributed by atoms with van der Waals surface area (Å²) < 4.78 is 1.15.